The lowest BCUT2D eigenvalue weighted by atomic mass is 10.0. The third kappa shape index (κ3) is 4.73. The van der Waals surface area contributed by atoms with Gasteiger partial charge in [0.2, 0.25) is 5.91 Å². The van der Waals surface area contributed by atoms with Crippen molar-refractivity contribution < 1.29 is 14.3 Å². The van der Waals surface area contributed by atoms with Crippen LogP contribution in [-0.2, 0) is 16.1 Å². The van der Waals surface area contributed by atoms with Crippen LogP contribution in [0.4, 0.5) is 5.69 Å². The van der Waals surface area contributed by atoms with Gasteiger partial charge in [0.15, 0.2) is 5.11 Å². The minimum absolute atomic E-state index is 0.129. The van der Waals surface area contributed by atoms with E-state index in [1.54, 1.807) is 11.9 Å². The lowest BCUT2D eigenvalue weighted by Gasteiger charge is -2.33. The number of carbonyl (C=O) groups excluding carboxylic acids is 2. The maximum Gasteiger partial charge on any atom is 0.281 e. The summed E-state index contributed by atoms with van der Waals surface area (Å²) < 4.78 is 7.52. The van der Waals surface area contributed by atoms with Crippen LogP contribution in [0.25, 0.3) is 17.0 Å². The van der Waals surface area contributed by atoms with E-state index in [-0.39, 0.29) is 24.4 Å². The highest BCUT2D eigenvalue weighted by molar-refractivity contribution is 7.80. The molecule has 0 unspecified atom stereocenters. The quantitative estimate of drug-likeness (QED) is 0.339. The summed E-state index contributed by atoms with van der Waals surface area (Å²) in [5, 5.41) is 1.40. The first-order valence-corrected chi connectivity index (χ1v) is 13.2. The van der Waals surface area contributed by atoms with Crippen LogP contribution in [0, 0.1) is 0 Å². The highest BCUT2D eigenvalue weighted by atomic mass is 32.1. The molecule has 2 aliphatic heterocycles. The largest absolute Gasteiger partial charge is 0.494 e. The monoisotopic (exact) mass is 516 g/mol. The van der Waals surface area contributed by atoms with Gasteiger partial charge in [-0.2, -0.15) is 0 Å². The number of benzene rings is 2. The molecule has 0 bridgehead atoms. The van der Waals surface area contributed by atoms with Crippen molar-refractivity contribution in [3.63, 3.8) is 0 Å². The molecule has 2 fully saturated rings. The number of likely N-dealkylation sites (tertiary alicyclic amines) is 1. The topological polar surface area (TPSA) is 58.0 Å². The van der Waals surface area contributed by atoms with Crippen molar-refractivity contribution in [1.82, 2.24) is 14.4 Å². The first-order chi connectivity index (χ1) is 17.9. The maximum atomic E-state index is 13.5. The molecule has 2 aromatic carbocycles. The fourth-order valence-electron chi connectivity index (χ4n) is 5.22. The number of anilines is 1. The number of carbonyl (C=O) groups is 2. The first-order valence-electron chi connectivity index (χ1n) is 12.8. The van der Waals surface area contributed by atoms with Crippen LogP contribution in [-0.4, -0.2) is 57.5 Å². The summed E-state index contributed by atoms with van der Waals surface area (Å²) in [4.78, 5) is 32.0. The Bertz CT molecular complexity index is 1380. The zero-order valence-electron chi connectivity index (χ0n) is 21.5. The summed E-state index contributed by atoms with van der Waals surface area (Å²) in [6.07, 6.45) is 7.11. The van der Waals surface area contributed by atoms with Gasteiger partial charge < -0.3 is 19.1 Å². The number of ether oxygens (including phenoxy) is 1. The standard InChI is InChI=1S/C29H32N4O3S/c1-4-36-23-14-12-22(13-15-23)33-28(35)26(30(3)29(33)37)17-21-18-31(25-11-6-5-10-24(21)25)19-27(34)32-16-8-7-9-20(32)2/h5-6,10-15,17-18,20H,4,7-9,16,19H2,1-3H3/b26-17-/t20-/m1/s1. The number of rotatable bonds is 6. The third-order valence-corrected chi connectivity index (χ3v) is 7.66. The van der Waals surface area contributed by atoms with Crippen molar-refractivity contribution in [1.29, 1.82) is 0 Å². The van der Waals surface area contributed by atoms with Crippen LogP contribution >= 0.6 is 12.2 Å². The number of fused-ring (bicyclic) bond motifs is 1. The molecule has 192 valence electrons. The number of hydrogen-bond donors (Lipinski definition) is 0. The zero-order valence-corrected chi connectivity index (χ0v) is 22.3. The van der Waals surface area contributed by atoms with Gasteiger partial charge >= 0.3 is 0 Å². The molecule has 1 aromatic heterocycles. The smallest absolute Gasteiger partial charge is 0.281 e. The summed E-state index contributed by atoms with van der Waals surface area (Å²) in [5.41, 5.74) is 3.02. The van der Waals surface area contributed by atoms with Crippen LogP contribution in [0.2, 0.25) is 0 Å². The van der Waals surface area contributed by atoms with E-state index >= 15 is 0 Å². The molecule has 37 heavy (non-hydrogen) atoms. The summed E-state index contributed by atoms with van der Waals surface area (Å²) in [6.45, 7) is 5.72. The van der Waals surface area contributed by atoms with E-state index in [2.05, 4.69) is 6.92 Å². The van der Waals surface area contributed by atoms with E-state index in [4.69, 9.17) is 17.0 Å². The normalized spacial score (nSPS) is 19.4. The predicted octanol–water partition coefficient (Wildman–Crippen LogP) is 5.05. The van der Waals surface area contributed by atoms with Gasteiger partial charge in [0.05, 0.1) is 12.3 Å². The summed E-state index contributed by atoms with van der Waals surface area (Å²) in [5.74, 6) is 0.685. The van der Waals surface area contributed by atoms with Crippen LogP contribution < -0.4 is 9.64 Å². The first kappa shape index (κ1) is 25.0. The van der Waals surface area contributed by atoms with Gasteiger partial charge in [-0.25, -0.2) is 0 Å². The Balaban J connectivity index is 1.46. The van der Waals surface area contributed by atoms with Crippen molar-refractivity contribution in [2.24, 2.45) is 0 Å². The van der Waals surface area contributed by atoms with E-state index in [0.29, 0.717) is 23.1 Å². The highest BCUT2D eigenvalue weighted by Crippen LogP contribution is 2.31. The number of hydrogen-bond acceptors (Lipinski definition) is 4. The van der Waals surface area contributed by atoms with Crippen molar-refractivity contribution in [2.75, 3.05) is 25.1 Å². The van der Waals surface area contributed by atoms with Gasteiger partial charge in [-0.1, -0.05) is 18.2 Å². The van der Waals surface area contributed by atoms with Gasteiger partial charge in [0.1, 0.15) is 18.0 Å². The van der Waals surface area contributed by atoms with Crippen LogP contribution in [0.5, 0.6) is 5.75 Å². The second-order valence-corrected chi connectivity index (χ2v) is 9.97. The molecule has 5 rings (SSSR count). The average molecular weight is 517 g/mol. The molecule has 8 heteroatoms. The molecule has 0 aliphatic carbocycles. The zero-order chi connectivity index (χ0) is 26.1. The number of piperidine rings is 1. The van der Waals surface area contributed by atoms with Crippen molar-refractivity contribution in [3.05, 3.63) is 66.0 Å². The minimum Gasteiger partial charge on any atom is -0.494 e. The molecule has 1 atom stereocenters. The predicted molar refractivity (Wildman–Crippen MR) is 150 cm³/mol. The van der Waals surface area contributed by atoms with E-state index < -0.39 is 0 Å². The van der Waals surface area contributed by atoms with Crippen LogP contribution in [0.3, 0.4) is 0 Å². The van der Waals surface area contributed by atoms with Crippen molar-refractivity contribution in [2.45, 2.75) is 45.7 Å². The van der Waals surface area contributed by atoms with Gasteiger partial charge in [0, 0.05) is 42.3 Å². The number of thiocarbonyl (C=S) groups is 1. The minimum atomic E-state index is -0.188. The number of amides is 2. The van der Waals surface area contributed by atoms with Gasteiger partial charge in [-0.15, -0.1) is 0 Å². The molecule has 2 amide bonds. The Hall–Kier alpha value is -3.65. The second kappa shape index (κ2) is 10.4. The molecule has 0 N–H and O–H groups in total. The molecule has 0 saturated carbocycles. The Morgan fingerprint density at radius 3 is 2.62 bits per heavy atom. The fourth-order valence-corrected chi connectivity index (χ4v) is 5.50. The fraction of sp³-hybridized carbons (Fsp3) is 0.345. The lowest BCUT2D eigenvalue weighted by Crippen LogP contribution is -2.43. The summed E-state index contributed by atoms with van der Waals surface area (Å²) in [6, 6.07) is 15.6. The van der Waals surface area contributed by atoms with Crippen molar-refractivity contribution >= 4 is 51.8 Å². The molecular weight excluding hydrogens is 484 g/mol. The van der Waals surface area contributed by atoms with Crippen LogP contribution in [0.1, 0.15) is 38.7 Å². The molecule has 2 saturated heterocycles. The lowest BCUT2D eigenvalue weighted by molar-refractivity contribution is -0.135. The molecule has 2 aliphatic rings. The van der Waals surface area contributed by atoms with Gasteiger partial charge in [0.25, 0.3) is 5.91 Å². The van der Waals surface area contributed by atoms with E-state index in [9.17, 15) is 9.59 Å². The summed E-state index contributed by atoms with van der Waals surface area (Å²) >= 11 is 5.64. The van der Waals surface area contributed by atoms with E-state index in [1.807, 2.05) is 77.2 Å². The maximum absolute atomic E-state index is 13.5. The molecule has 3 aromatic rings. The Labute approximate surface area is 222 Å². The highest BCUT2D eigenvalue weighted by Gasteiger charge is 2.37. The van der Waals surface area contributed by atoms with E-state index in [0.717, 1.165) is 41.6 Å². The third-order valence-electron chi connectivity index (χ3n) is 7.21. The number of aromatic nitrogens is 1. The van der Waals surface area contributed by atoms with Crippen LogP contribution in [0.15, 0.2) is 60.4 Å². The molecule has 7 nitrogen and oxygen atoms in total. The van der Waals surface area contributed by atoms with Gasteiger partial charge in [-0.05, 0) is 81.7 Å². The summed E-state index contributed by atoms with van der Waals surface area (Å²) in [7, 11) is 1.81. The molecule has 0 radical (unpaired) electrons. The SMILES string of the molecule is CCOc1ccc(N2C(=O)/C(=C/c3cn(CC(=O)N4CCCC[C@H]4C)c4ccccc34)N(C)C2=S)cc1. The molecule has 0 spiro atoms. The van der Waals surface area contributed by atoms with E-state index in [1.165, 1.54) is 11.3 Å². The second-order valence-electron chi connectivity index (χ2n) is 9.60. The number of para-hydroxylation sites is 1. The molecule has 3 heterocycles. The number of nitrogens with zero attached hydrogens (tertiary/aromatic N) is 4. The Morgan fingerprint density at radius 1 is 1.14 bits per heavy atom. The average Bonchev–Trinajstić information content (AvgIpc) is 3.34. The van der Waals surface area contributed by atoms with Gasteiger partial charge in [-0.3, -0.25) is 14.5 Å². The van der Waals surface area contributed by atoms with Crippen molar-refractivity contribution in [3.8, 4) is 5.75 Å². The number of likely N-dealkylation sites (N-methyl/N-ethyl adjacent to an activating group) is 1. The molecular formula is C29H32N4O3S. The Kier molecular flexibility index (Phi) is 7.02. The Morgan fingerprint density at radius 2 is 1.89 bits per heavy atom.